The first-order valence-electron chi connectivity index (χ1n) is 8.23. The number of H-pyrrole nitrogens is 1. The summed E-state index contributed by atoms with van der Waals surface area (Å²) < 4.78 is 5.14. The van der Waals surface area contributed by atoms with Gasteiger partial charge in [-0.05, 0) is 18.6 Å². The van der Waals surface area contributed by atoms with E-state index in [0.29, 0.717) is 5.82 Å². The summed E-state index contributed by atoms with van der Waals surface area (Å²) in [6.45, 7) is 1.77. The van der Waals surface area contributed by atoms with Crippen LogP contribution in [-0.2, 0) is 0 Å². The number of benzene rings is 2. The molecule has 3 aromatic rings. The summed E-state index contributed by atoms with van der Waals surface area (Å²) in [7, 11) is 1.40. The molecule has 0 aliphatic carbocycles. The van der Waals surface area contributed by atoms with Crippen LogP contribution in [0, 0.1) is 10.1 Å². The van der Waals surface area contributed by atoms with Gasteiger partial charge >= 0.3 is 0 Å². The SMILES string of the molecule is COc1ccc([N+](=O)[O-])cc1C(=O)NC(C)c1ncc(-c2ccccc2)[nH]1. The molecule has 1 aromatic heterocycles. The number of nitro benzene ring substituents is 1. The molecule has 0 spiro atoms. The first-order chi connectivity index (χ1) is 13.0. The number of non-ortho nitro benzene ring substituents is 1. The Balaban J connectivity index is 1.79. The number of amides is 1. The predicted molar refractivity (Wildman–Crippen MR) is 99.6 cm³/mol. The molecule has 0 radical (unpaired) electrons. The van der Waals surface area contributed by atoms with E-state index in [2.05, 4.69) is 15.3 Å². The molecule has 27 heavy (non-hydrogen) atoms. The highest BCUT2D eigenvalue weighted by Crippen LogP contribution is 2.25. The lowest BCUT2D eigenvalue weighted by Crippen LogP contribution is -2.27. The van der Waals surface area contributed by atoms with Gasteiger partial charge in [0, 0.05) is 12.1 Å². The molecule has 0 bridgehead atoms. The average molecular weight is 366 g/mol. The molecule has 138 valence electrons. The van der Waals surface area contributed by atoms with E-state index in [0.717, 1.165) is 11.3 Å². The number of nitrogens with zero attached hydrogens (tertiary/aromatic N) is 2. The summed E-state index contributed by atoms with van der Waals surface area (Å²) >= 11 is 0. The predicted octanol–water partition coefficient (Wildman–Crippen LogP) is 3.48. The lowest BCUT2D eigenvalue weighted by atomic mass is 10.1. The summed E-state index contributed by atoms with van der Waals surface area (Å²) in [5.41, 5.74) is 1.72. The van der Waals surface area contributed by atoms with Crippen LogP contribution in [0.2, 0.25) is 0 Å². The first kappa shape index (κ1) is 18.1. The average Bonchev–Trinajstić information content (AvgIpc) is 3.18. The number of nitro groups is 1. The van der Waals surface area contributed by atoms with E-state index >= 15 is 0 Å². The Labute approximate surface area is 155 Å². The Morgan fingerprint density at radius 1 is 1.26 bits per heavy atom. The van der Waals surface area contributed by atoms with Crippen molar-refractivity contribution in [2.75, 3.05) is 7.11 Å². The summed E-state index contributed by atoms with van der Waals surface area (Å²) in [5, 5.41) is 13.8. The van der Waals surface area contributed by atoms with Crippen LogP contribution in [0.3, 0.4) is 0 Å². The lowest BCUT2D eigenvalue weighted by molar-refractivity contribution is -0.384. The maximum Gasteiger partial charge on any atom is 0.270 e. The zero-order valence-corrected chi connectivity index (χ0v) is 14.8. The highest BCUT2D eigenvalue weighted by Gasteiger charge is 2.20. The molecule has 2 N–H and O–H groups in total. The second kappa shape index (κ2) is 7.69. The number of aromatic amines is 1. The van der Waals surface area contributed by atoms with Crippen molar-refractivity contribution in [2.24, 2.45) is 0 Å². The third-order valence-electron chi connectivity index (χ3n) is 4.08. The Kier molecular flexibility index (Phi) is 5.16. The van der Waals surface area contributed by atoms with Gasteiger partial charge in [0.15, 0.2) is 0 Å². The molecule has 0 aliphatic rings. The van der Waals surface area contributed by atoms with Crippen molar-refractivity contribution in [3.05, 3.63) is 76.2 Å². The van der Waals surface area contributed by atoms with Crippen molar-refractivity contribution in [3.8, 4) is 17.0 Å². The molecule has 1 atom stereocenters. The molecule has 8 nitrogen and oxygen atoms in total. The van der Waals surface area contributed by atoms with Crippen LogP contribution in [0.1, 0.15) is 29.1 Å². The molecule has 0 saturated carbocycles. The number of carbonyl (C=O) groups excluding carboxylic acids is 1. The molecule has 1 heterocycles. The van der Waals surface area contributed by atoms with E-state index in [4.69, 9.17) is 4.74 Å². The van der Waals surface area contributed by atoms with Crippen molar-refractivity contribution < 1.29 is 14.5 Å². The maximum atomic E-state index is 12.6. The van der Waals surface area contributed by atoms with Crippen molar-refractivity contribution in [3.63, 3.8) is 0 Å². The molecule has 1 amide bonds. The molecule has 3 rings (SSSR count). The fourth-order valence-electron chi connectivity index (χ4n) is 2.65. The number of rotatable bonds is 6. The molecule has 8 heteroatoms. The topological polar surface area (TPSA) is 110 Å². The van der Waals surface area contributed by atoms with Gasteiger partial charge in [-0.15, -0.1) is 0 Å². The molecule has 0 aliphatic heterocycles. The minimum atomic E-state index is -0.557. The van der Waals surface area contributed by atoms with E-state index in [-0.39, 0.29) is 17.0 Å². The van der Waals surface area contributed by atoms with Crippen LogP contribution >= 0.6 is 0 Å². The van der Waals surface area contributed by atoms with Crippen LogP contribution in [-0.4, -0.2) is 27.9 Å². The van der Waals surface area contributed by atoms with E-state index in [1.807, 2.05) is 30.3 Å². The monoisotopic (exact) mass is 366 g/mol. The number of hydrogen-bond donors (Lipinski definition) is 2. The van der Waals surface area contributed by atoms with Crippen LogP contribution in [0.25, 0.3) is 11.3 Å². The largest absolute Gasteiger partial charge is 0.496 e. The van der Waals surface area contributed by atoms with E-state index in [1.165, 1.54) is 25.3 Å². The van der Waals surface area contributed by atoms with Gasteiger partial charge in [0.05, 0.1) is 35.5 Å². The van der Waals surface area contributed by atoms with Crippen LogP contribution in [0.5, 0.6) is 5.75 Å². The Hall–Kier alpha value is -3.68. The normalized spacial score (nSPS) is 11.6. The molecule has 1 unspecified atom stereocenters. The summed E-state index contributed by atoms with van der Waals surface area (Å²) in [5.74, 6) is 0.349. The Morgan fingerprint density at radius 2 is 2.00 bits per heavy atom. The fourth-order valence-corrected chi connectivity index (χ4v) is 2.65. The highest BCUT2D eigenvalue weighted by atomic mass is 16.6. The van der Waals surface area contributed by atoms with Gasteiger partial charge in [-0.3, -0.25) is 14.9 Å². The van der Waals surface area contributed by atoms with Gasteiger partial charge in [-0.25, -0.2) is 4.98 Å². The number of imidazole rings is 1. The number of ether oxygens (including phenoxy) is 1. The second-order valence-corrected chi connectivity index (χ2v) is 5.88. The zero-order chi connectivity index (χ0) is 19.4. The van der Waals surface area contributed by atoms with E-state index in [1.54, 1.807) is 13.1 Å². The Bertz CT molecular complexity index is 969. The van der Waals surface area contributed by atoms with Crippen molar-refractivity contribution in [1.29, 1.82) is 0 Å². The summed E-state index contributed by atoms with van der Waals surface area (Å²) in [4.78, 5) is 30.5. The van der Waals surface area contributed by atoms with Gasteiger partial charge in [0.2, 0.25) is 0 Å². The van der Waals surface area contributed by atoms with Gasteiger partial charge in [-0.1, -0.05) is 30.3 Å². The van der Waals surface area contributed by atoms with Crippen LogP contribution in [0.15, 0.2) is 54.7 Å². The van der Waals surface area contributed by atoms with Crippen molar-refractivity contribution >= 4 is 11.6 Å². The summed E-state index contributed by atoms with van der Waals surface area (Å²) in [6.07, 6.45) is 1.70. The minimum Gasteiger partial charge on any atom is -0.496 e. The number of nitrogens with one attached hydrogen (secondary N) is 2. The third-order valence-corrected chi connectivity index (χ3v) is 4.08. The molecular weight excluding hydrogens is 348 g/mol. The number of methoxy groups -OCH3 is 1. The smallest absolute Gasteiger partial charge is 0.270 e. The highest BCUT2D eigenvalue weighted by molar-refractivity contribution is 5.97. The van der Waals surface area contributed by atoms with Crippen molar-refractivity contribution in [2.45, 2.75) is 13.0 Å². The first-order valence-corrected chi connectivity index (χ1v) is 8.23. The zero-order valence-electron chi connectivity index (χ0n) is 14.8. The van der Waals surface area contributed by atoms with Gasteiger partial charge in [0.1, 0.15) is 11.6 Å². The van der Waals surface area contributed by atoms with Gasteiger partial charge < -0.3 is 15.0 Å². The third kappa shape index (κ3) is 3.95. The number of hydrogen-bond acceptors (Lipinski definition) is 5. The molecule has 0 saturated heterocycles. The lowest BCUT2D eigenvalue weighted by Gasteiger charge is -2.13. The molecule has 2 aromatic carbocycles. The summed E-state index contributed by atoms with van der Waals surface area (Å²) in [6, 6.07) is 13.1. The van der Waals surface area contributed by atoms with Crippen molar-refractivity contribution in [1.82, 2.24) is 15.3 Å². The van der Waals surface area contributed by atoms with Gasteiger partial charge in [0.25, 0.3) is 11.6 Å². The van der Waals surface area contributed by atoms with Gasteiger partial charge in [-0.2, -0.15) is 0 Å². The quantitative estimate of drug-likeness (QED) is 0.512. The number of carbonyl (C=O) groups is 1. The maximum absolute atomic E-state index is 12.6. The minimum absolute atomic E-state index is 0.0911. The van der Waals surface area contributed by atoms with Crippen LogP contribution in [0.4, 0.5) is 5.69 Å². The van der Waals surface area contributed by atoms with E-state index < -0.39 is 16.9 Å². The fraction of sp³-hybridized carbons (Fsp3) is 0.158. The Morgan fingerprint density at radius 3 is 2.67 bits per heavy atom. The standard InChI is InChI=1S/C19H18N4O4/c1-12(18-20-11-16(22-18)13-6-4-3-5-7-13)21-19(24)15-10-14(23(25)26)8-9-17(15)27-2/h3-12H,1-2H3,(H,20,22)(H,21,24). The van der Waals surface area contributed by atoms with Crippen LogP contribution < -0.4 is 10.1 Å². The van der Waals surface area contributed by atoms with E-state index in [9.17, 15) is 14.9 Å². The molecule has 0 fully saturated rings. The second-order valence-electron chi connectivity index (χ2n) is 5.88. The number of aromatic nitrogens is 2. The molecular formula is C19H18N4O4.